The molecule has 2 heteroatoms. The Morgan fingerprint density at radius 1 is 1.50 bits per heavy atom. The second kappa shape index (κ2) is 4.76. The molecule has 0 amide bonds. The highest BCUT2D eigenvalue weighted by atomic mass is 16.3. The fraction of sp³-hybridized carbons (Fsp3) is 0.667. The molecule has 0 saturated carbocycles. The number of hydrogen-bond acceptors (Lipinski definition) is 2. The first-order chi connectivity index (χ1) is 6.55. The summed E-state index contributed by atoms with van der Waals surface area (Å²) in [6.07, 6.45) is 8.94. The SMILES string of the molecule is C[C@H](NC(C)(C)CO)C1=CCCC=C1. The lowest BCUT2D eigenvalue weighted by Crippen LogP contribution is -2.48. The second-order valence-corrected chi connectivity index (χ2v) is 4.59. The van der Waals surface area contributed by atoms with Gasteiger partial charge in [-0.15, -0.1) is 0 Å². The molecule has 2 N–H and O–H groups in total. The highest BCUT2D eigenvalue weighted by molar-refractivity contribution is 5.27. The van der Waals surface area contributed by atoms with Crippen LogP contribution in [0.15, 0.2) is 23.8 Å². The van der Waals surface area contributed by atoms with Crippen molar-refractivity contribution in [3.05, 3.63) is 23.8 Å². The molecule has 14 heavy (non-hydrogen) atoms. The number of rotatable bonds is 4. The van der Waals surface area contributed by atoms with E-state index in [1.165, 1.54) is 5.57 Å². The smallest absolute Gasteiger partial charge is 0.0608 e. The topological polar surface area (TPSA) is 32.3 Å². The van der Waals surface area contributed by atoms with Crippen LogP contribution in [0.3, 0.4) is 0 Å². The molecule has 1 rings (SSSR count). The van der Waals surface area contributed by atoms with Crippen LogP contribution in [0.1, 0.15) is 33.6 Å². The predicted octanol–water partition coefficient (Wildman–Crippen LogP) is 2.01. The Hall–Kier alpha value is -0.600. The van der Waals surface area contributed by atoms with Crippen LogP contribution < -0.4 is 5.32 Å². The fourth-order valence-electron chi connectivity index (χ4n) is 1.67. The number of nitrogens with one attached hydrogen (secondary N) is 1. The van der Waals surface area contributed by atoms with E-state index in [0.29, 0.717) is 6.04 Å². The van der Waals surface area contributed by atoms with Crippen LogP contribution in [0.5, 0.6) is 0 Å². The third kappa shape index (κ3) is 3.28. The van der Waals surface area contributed by atoms with E-state index >= 15 is 0 Å². The third-order valence-corrected chi connectivity index (χ3v) is 2.53. The summed E-state index contributed by atoms with van der Waals surface area (Å²) in [4.78, 5) is 0. The number of aliphatic hydroxyl groups excluding tert-OH is 1. The predicted molar refractivity (Wildman–Crippen MR) is 60.2 cm³/mol. The van der Waals surface area contributed by atoms with Gasteiger partial charge in [0, 0.05) is 11.6 Å². The van der Waals surface area contributed by atoms with Crippen molar-refractivity contribution in [2.75, 3.05) is 6.61 Å². The minimum atomic E-state index is -0.203. The van der Waals surface area contributed by atoms with Gasteiger partial charge in [-0.25, -0.2) is 0 Å². The molecule has 0 unspecified atom stereocenters. The molecule has 1 atom stereocenters. The molecule has 0 saturated heterocycles. The van der Waals surface area contributed by atoms with E-state index in [1.807, 2.05) is 13.8 Å². The summed E-state index contributed by atoms with van der Waals surface area (Å²) in [6.45, 7) is 6.32. The average molecular weight is 195 g/mol. The Bertz CT molecular complexity index is 241. The van der Waals surface area contributed by atoms with Crippen molar-refractivity contribution < 1.29 is 5.11 Å². The highest BCUT2D eigenvalue weighted by Crippen LogP contribution is 2.15. The highest BCUT2D eigenvalue weighted by Gasteiger charge is 2.20. The first-order valence-electron chi connectivity index (χ1n) is 5.30. The lowest BCUT2D eigenvalue weighted by Gasteiger charge is -2.29. The molecule has 1 aliphatic rings. The maximum atomic E-state index is 9.14. The van der Waals surface area contributed by atoms with Gasteiger partial charge in [0.05, 0.1) is 6.61 Å². The summed E-state index contributed by atoms with van der Waals surface area (Å²) < 4.78 is 0. The molecule has 0 bridgehead atoms. The maximum absolute atomic E-state index is 9.14. The molecule has 80 valence electrons. The van der Waals surface area contributed by atoms with Crippen molar-refractivity contribution in [2.45, 2.75) is 45.2 Å². The summed E-state index contributed by atoms with van der Waals surface area (Å²) >= 11 is 0. The Kier molecular flexibility index (Phi) is 3.90. The van der Waals surface area contributed by atoms with Crippen molar-refractivity contribution in [2.24, 2.45) is 0 Å². The summed E-state index contributed by atoms with van der Waals surface area (Å²) in [5.41, 5.74) is 1.13. The van der Waals surface area contributed by atoms with E-state index < -0.39 is 0 Å². The largest absolute Gasteiger partial charge is 0.394 e. The van der Waals surface area contributed by atoms with Gasteiger partial charge in [0.2, 0.25) is 0 Å². The summed E-state index contributed by atoms with van der Waals surface area (Å²) in [5.74, 6) is 0. The molecule has 1 aliphatic carbocycles. The summed E-state index contributed by atoms with van der Waals surface area (Å²) in [7, 11) is 0. The molecule has 0 radical (unpaired) electrons. The molecular formula is C12H21NO. The van der Waals surface area contributed by atoms with Gasteiger partial charge in [-0.1, -0.05) is 18.2 Å². The first kappa shape index (κ1) is 11.5. The Morgan fingerprint density at radius 3 is 2.71 bits per heavy atom. The third-order valence-electron chi connectivity index (χ3n) is 2.53. The van der Waals surface area contributed by atoms with Crippen LogP contribution in [0.4, 0.5) is 0 Å². The molecule has 0 aromatic heterocycles. The van der Waals surface area contributed by atoms with Crippen LogP contribution in [-0.4, -0.2) is 23.3 Å². The van der Waals surface area contributed by atoms with E-state index in [2.05, 4.69) is 30.5 Å². The van der Waals surface area contributed by atoms with Gasteiger partial charge < -0.3 is 10.4 Å². The van der Waals surface area contributed by atoms with E-state index in [1.54, 1.807) is 0 Å². The number of aliphatic hydroxyl groups is 1. The van der Waals surface area contributed by atoms with E-state index in [4.69, 9.17) is 5.11 Å². The van der Waals surface area contributed by atoms with Crippen molar-refractivity contribution >= 4 is 0 Å². The fourth-order valence-corrected chi connectivity index (χ4v) is 1.67. The minimum absolute atomic E-state index is 0.161. The zero-order chi connectivity index (χ0) is 10.6. The first-order valence-corrected chi connectivity index (χ1v) is 5.30. The Morgan fingerprint density at radius 2 is 2.21 bits per heavy atom. The van der Waals surface area contributed by atoms with Crippen LogP contribution in [-0.2, 0) is 0 Å². The van der Waals surface area contributed by atoms with Crippen LogP contribution in [0.2, 0.25) is 0 Å². The lowest BCUT2D eigenvalue weighted by atomic mass is 9.98. The molecule has 2 nitrogen and oxygen atoms in total. The number of hydrogen-bond donors (Lipinski definition) is 2. The molecule has 0 aromatic rings. The monoisotopic (exact) mass is 195 g/mol. The van der Waals surface area contributed by atoms with Crippen molar-refractivity contribution in [1.82, 2.24) is 5.32 Å². The number of allylic oxidation sites excluding steroid dienone is 2. The molecule has 0 aromatic carbocycles. The Balaban J connectivity index is 2.53. The van der Waals surface area contributed by atoms with Gasteiger partial charge in [-0.05, 0) is 39.2 Å². The zero-order valence-corrected chi connectivity index (χ0v) is 9.38. The summed E-state index contributed by atoms with van der Waals surface area (Å²) in [6, 6.07) is 0.314. The minimum Gasteiger partial charge on any atom is -0.394 e. The van der Waals surface area contributed by atoms with E-state index in [0.717, 1.165) is 12.8 Å². The summed E-state index contributed by atoms with van der Waals surface area (Å²) in [5, 5.41) is 12.5. The van der Waals surface area contributed by atoms with Gasteiger partial charge in [-0.3, -0.25) is 0 Å². The van der Waals surface area contributed by atoms with Crippen molar-refractivity contribution in [3.63, 3.8) is 0 Å². The van der Waals surface area contributed by atoms with E-state index in [9.17, 15) is 0 Å². The molecule has 0 fully saturated rings. The Labute approximate surface area is 86.7 Å². The van der Waals surface area contributed by atoms with Crippen molar-refractivity contribution in [1.29, 1.82) is 0 Å². The van der Waals surface area contributed by atoms with Crippen LogP contribution in [0.25, 0.3) is 0 Å². The molecule has 0 heterocycles. The van der Waals surface area contributed by atoms with E-state index in [-0.39, 0.29) is 12.1 Å². The molecule has 0 aliphatic heterocycles. The van der Waals surface area contributed by atoms with Gasteiger partial charge in [-0.2, -0.15) is 0 Å². The van der Waals surface area contributed by atoms with Gasteiger partial charge in [0.1, 0.15) is 0 Å². The van der Waals surface area contributed by atoms with Crippen molar-refractivity contribution in [3.8, 4) is 0 Å². The van der Waals surface area contributed by atoms with Gasteiger partial charge in [0.25, 0.3) is 0 Å². The van der Waals surface area contributed by atoms with Gasteiger partial charge in [0.15, 0.2) is 0 Å². The lowest BCUT2D eigenvalue weighted by molar-refractivity contribution is 0.182. The molecule has 0 spiro atoms. The standard InChI is InChI=1S/C12H21NO/c1-10(13-12(2,3)9-14)11-7-5-4-6-8-11/h5,7-8,10,13-14H,4,6,9H2,1-3H3/t10-/m0/s1. The molecular weight excluding hydrogens is 174 g/mol. The normalized spacial score (nSPS) is 19.3. The maximum Gasteiger partial charge on any atom is 0.0608 e. The van der Waals surface area contributed by atoms with Crippen LogP contribution >= 0.6 is 0 Å². The average Bonchev–Trinajstić information content (AvgIpc) is 2.19. The van der Waals surface area contributed by atoms with Crippen LogP contribution in [0, 0.1) is 0 Å². The van der Waals surface area contributed by atoms with Gasteiger partial charge >= 0.3 is 0 Å². The second-order valence-electron chi connectivity index (χ2n) is 4.59. The quantitative estimate of drug-likeness (QED) is 0.719. The zero-order valence-electron chi connectivity index (χ0n) is 9.38.